The van der Waals surface area contributed by atoms with Gasteiger partial charge in [-0.1, -0.05) is 6.92 Å². The maximum atomic E-state index is 5.74. The second-order valence-electron chi connectivity index (χ2n) is 6.04. The first-order chi connectivity index (χ1) is 11.3. The van der Waals surface area contributed by atoms with E-state index < -0.39 is 31.5 Å². The van der Waals surface area contributed by atoms with Gasteiger partial charge in [-0.3, -0.25) is 0 Å². The van der Waals surface area contributed by atoms with Crippen molar-refractivity contribution in [2.24, 2.45) is 5.92 Å². The zero-order chi connectivity index (χ0) is 18.5. The topological polar surface area (TPSA) is 67.4 Å². The number of hydrogen-bond donors (Lipinski definition) is 1. The van der Waals surface area contributed by atoms with E-state index in [0.29, 0.717) is 5.92 Å². The maximum Gasteiger partial charge on any atom is 0.269 e. The van der Waals surface area contributed by atoms with Crippen LogP contribution in [0.25, 0.3) is 0 Å². The molecule has 0 aliphatic heterocycles. The molecule has 1 unspecified atom stereocenters. The van der Waals surface area contributed by atoms with Crippen molar-refractivity contribution >= 4 is 19.5 Å². The maximum absolute atomic E-state index is 5.74. The second kappa shape index (κ2) is 13.4. The summed E-state index contributed by atoms with van der Waals surface area (Å²) in [6.07, 6.45) is 1.11. The minimum absolute atomic E-state index is 0.591. The van der Waals surface area contributed by atoms with Crippen molar-refractivity contribution in [2.75, 3.05) is 41.5 Å². The summed E-state index contributed by atoms with van der Waals surface area (Å²) < 4.78 is 32.2. The molecule has 7 nitrogen and oxygen atoms in total. The van der Waals surface area contributed by atoms with E-state index in [0.717, 1.165) is 31.6 Å². The number of rotatable bonds is 16. The van der Waals surface area contributed by atoms with Gasteiger partial charge in [0.15, 0.2) is 19.5 Å². The van der Waals surface area contributed by atoms with Gasteiger partial charge in [0.05, 0.1) is 0 Å². The summed E-state index contributed by atoms with van der Waals surface area (Å²) in [5.74, 6) is -1.17. The second-order valence-corrected chi connectivity index (χ2v) is 8.72. The molecule has 0 amide bonds. The van der Waals surface area contributed by atoms with Crippen molar-refractivity contribution in [1.82, 2.24) is 5.32 Å². The molecule has 0 saturated carbocycles. The van der Waals surface area contributed by atoms with Crippen LogP contribution in [-0.2, 0) is 27.8 Å². The molecular formula is C15H37NO6Si2. The Kier molecular flexibility index (Phi) is 13.5. The highest BCUT2D eigenvalue weighted by Gasteiger charge is 2.23. The number of nitrogens with one attached hydrogen (secondary N) is 1. The Bertz CT molecular complexity index is 304. The molecular weight excluding hydrogens is 346 g/mol. The van der Waals surface area contributed by atoms with E-state index in [-0.39, 0.29) is 0 Å². The summed E-state index contributed by atoms with van der Waals surface area (Å²) >= 11 is 0. The highest BCUT2D eigenvalue weighted by atomic mass is 28.2. The number of hydrogen-bond acceptors (Lipinski definition) is 7. The highest BCUT2D eigenvalue weighted by molar-refractivity contribution is 6.27. The molecule has 146 valence electrons. The van der Waals surface area contributed by atoms with E-state index in [9.17, 15) is 0 Å². The number of methoxy groups -OCH3 is 4. The minimum Gasteiger partial charge on any atom is -0.376 e. The lowest BCUT2D eigenvalue weighted by molar-refractivity contribution is -0.311. The average molecular weight is 384 g/mol. The third-order valence-corrected chi connectivity index (χ3v) is 7.53. The Morgan fingerprint density at radius 3 is 1.88 bits per heavy atom. The zero-order valence-corrected chi connectivity index (χ0v) is 19.3. The predicted octanol–water partition coefficient (Wildman–Crippen LogP) is 0.573. The van der Waals surface area contributed by atoms with Crippen LogP contribution >= 0.6 is 0 Å². The summed E-state index contributed by atoms with van der Waals surface area (Å²) in [5, 5.41) is 3.49. The van der Waals surface area contributed by atoms with Crippen LogP contribution in [0.1, 0.15) is 27.2 Å². The third-order valence-electron chi connectivity index (χ3n) is 4.06. The zero-order valence-electron chi connectivity index (χ0n) is 16.5. The van der Waals surface area contributed by atoms with Crippen LogP contribution in [0.4, 0.5) is 0 Å². The summed E-state index contributed by atoms with van der Waals surface area (Å²) in [6.45, 7) is 7.84. The van der Waals surface area contributed by atoms with Gasteiger partial charge in [-0.05, 0) is 37.5 Å². The molecule has 1 N–H and O–H groups in total. The van der Waals surface area contributed by atoms with E-state index in [4.69, 9.17) is 27.8 Å². The van der Waals surface area contributed by atoms with Crippen LogP contribution < -0.4 is 5.32 Å². The van der Waals surface area contributed by atoms with Gasteiger partial charge >= 0.3 is 0 Å². The molecule has 24 heavy (non-hydrogen) atoms. The Morgan fingerprint density at radius 2 is 1.38 bits per heavy atom. The van der Waals surface area contributed by atoms with Crippen molar-refractivity contribution in [1.29, 1.82) is 0 Å². The van der Waals surface area contributed by atoms with Crippen LogP contribution in [0.15, 0.2) is 0 Å². The quantitative estimate of drug-likeness (QED) is 0.237. The van der Waals surface area contributed by atoms with E-state index >= 15 is 0 Å². The lowest BCUT2D eigenvalue weighted by Crippen LogP contribution is -2.35. The first-order valence-electron chi connectivity index (χ1n) is 8.54. The lowest BCUT2D eigenvalue weighted by Gasteiger charge is -2.27. The largest absolute Gasteiger partial charge is 0.376 e. The molecule has 0 fully saturated rings. The van der Waals surface area contributed by atoms with E-state index in [1.54, 1.807) is 42.3 Å². The Labute approximate surface area is 151 Å². The molecule has 0 radical (unpaired) electrons. The third kappa shape index (κ3) is 10.9. The van der Waals surface area contributed by atoms with Crippen LogP contribution in [-0.4, -0.2) is 73.0 Å². The minimum atomic E-state index is -0.886. The van der Waals surface area contributed by atoms with E-state index in [1.807, 2.05) is 0 Å². The Hall–Kier alpha value is 0.154. The smallest absolute Gasteiger partial charge is 0.269 e. The van der Waals surface area contributed by atoms with Gasteiger partial charge in [0.1, 0.15) is 0 Å². The van der Waals surface area contributed by atoms with Crippen molar-refractivity contribution in [3.63, 3.8) is 0 Å². The molecule has 9 heteroatoms. The fourth-order valence-electron chi connectivity index (χ4n) is 1.91. The molecule has 0 aromatic carbocycles. The predicted molar refractivity (Wildman–Crippen MR) is 100 cm³/mol. The van der Waals surface area contributed by atoms with Gasteiger partial charge in [0, 0.05) is 42.3 Å². The molecule has 0 saturated heterocycles. The van der Waals surface area contributed by atoms with Crippen molar-refractivity contribution < 1.29 is 27.8 Å². The first-order valence-corrected chi connectivity index (χ1v) is 11.7. The highest BCUT2D eigenvalue weighted by Crippen LogP contribution is 2.13. The van der Waals surface area contributed by atoms with Crippen LogP contribution in [0.2, 0.25) is 12.1 Å². The molecule has 0 aliphatic rings. The Morgan fingerprint density at radius 1 is 0.875 bits per heavy atom. The van der Waals surface area contributed by atoms with Crippen LogP contribution in [0.5, 0.6) is 0 Å². The first kappa shape index (κ1) is 24.2. The van der Waals surface area contributed by atoms with Crippen molar-refractivity contribution in [3.8, 4) is 0 Å². The van der Waals surface area contributed by atoms with Gasteiger partial charge in [0.25, 0.3) is 11.9 Å². The molecule has 0 aromatic rings. The van der Waals surface area contributed by atoms with E-state index in [2.05, 4.69) is 12.2 Å². The van der Waals surface area contributed by atoms with Crippen molar-refractivity contribution in [2.45, 2.75) is 51.2 Å². The SMILES string of the molecule is COC(C)(OC)O[SiH2]CCCNCC(C)C[SiH2]OC(C)(OC)OC. The fourth-order valence-corrected chi connectivity index (χ4v) is 4.44. The van der Waals surface area contributed by atoms with Crippen LogP contribution in [0.3, 0.4) is 0 Å². The van der Waals surface area contributed by atoms with Gasteiger partial charge in [-0.15, -0.1) is 0 Å². The molecule has 0 rings (SSSR count). The fraction of sp³-hybridized carbons (Fsp3) is 1.00. The van der Waals surface area contributed by atoms with Gasteiger partial charge < -0.3 is 33.1 Å². The summed E-state index contributed by atoms with van der Waals surface area (Å²) in [7, 11) is 5.09. The van der Waals surface area contributed by atoms with E-state index in [1.165, 1.54) is 0 Å². The lowest BCUT2D eigenvalue weighted by atomic mass is 10.2. The molecule has 0 aliphatic carbocycles. The van der Waals surface area contributed by atoms with Gasteiger partial charge in [0.2, 0.25) is 0 Å². The van der Waals surface area contributed by atoms with Gasteiger partial charge in [-0.25, -0.2) is 0 Å². The average Bonchev–Trinajstić information content (AvgIpc) is 2.60. The summed E-state index contributed by atoms with van der Waals surface area (Å²) in [5.41, 5.74) is 0. The van der Waals surface area contributed by atoms with Gasteiger partial charge in [-0.2, -0.15) is 0 Å². The number of ether oxygens (including phenoxy) is 4. The summed E-state index contributed by atoms with van der Waals surface area (Å²) in [4.78, 5) is 0. The molecule has 0 spiro atoms. The normalized spacial score (nSPS) is 15.1. The molecule has 0 aromatic heterocycles. The monoisotopic (exact) mass is 383 g/mol. The molecule has 1 atom stereocenters. The van der Waals surface area contributed by atoms with Crippen molar-refractivity contribution in [3.05, 3.63) is 0 Å². The Balaban J connectivity index is 3.58. The van der Waals surface area contributed by atoms with Crippen LogP contribution in [0, 0.1) is 5.92 Å². The molecule has 0 bridgehead atoms. The molecule has 0 heterocycles. The standard InChI is InChI=1S/C15H37NO6Si2/c1-13(12-24-22-15(3,19-6)20-7)11-16-9-8-10-23-21-14(2,17-4)18-5/h13,16H,8-12,23-24H2,1-7H3. The summed E-state index contributed by atoms with van der Waals surface area (Å²) in [6, 6.07) is 2.19.